The molecule has 46 heavy (non-hydrogen) atoms. The van der Waals surface area contributed by atoms with E-state index in [1.54, 1.807) is 18.0 Å². The van der Waals surface area contributed by atoms with E-state index >= 15 is 0 Å². The van der Waals surface area contributed by atoms with Gasteiger partial charge in [-0.15, -0.1) is 0 Å². The second-order valence-corrected chi connectivity index (χ2v) is 12.5. The molecule has 6 rings (SSSR count). The number of nitrogens with one attached hydrogen (secondary N) is 1. The Hall–Kier alpha value is -4.67. The Morgan fingerprint density at radius 3 is 2.57 bits per heavy atom. The van der Waals surface area contributed by atoms with E-state index in [-0.39, 0.29) is 11.3 Å². The third kappa shape index (κ3) is 6.93. The van der Waals surface area contributed by atoms with Gasteiger partial charge in [-0.05, 0) is 53.6 Å². The van der Waals surface area contributed by atoms with Crippen LogP contribution in [0.4, 0.5) is 5.82 Å². The molecule has 1 saturated heterocycles. The molecule has 1 aliphatic rings. The van der Waals surface area contributed by atoms with Crippen molar-refractivity contribution in [3.63, 3.8) is 0 Å². The van der Waals surface area contributed by atoms with Crippen molar-refractivity contribution >= 4 is 33.4 Å². The molecule has 1 amide bonds. The van der Waals surface area contributed by atoms with Gasteiger partial charge < -0.3 is 24.3 Å². The zero-order valence-electron chi connectivity index (χ0n) is 27.1. The first-order valence-electron chi connectivity index (χ1n) is 15.7. The molecule has 5 aromatic rings. The third-order valence-corrected chi connectivity index (χ3v) is 8.18. The van der Waals surface area contributed by atoms with E-state index in [2.05, 4.69) is 41.1 Å². The molecule has 0 radical (unpaired) electrons. The molecule has 1 N–H and O–H groups in total. The number of morpholine rings is 1. The number of carbonyl (C=O) groups is 1. The fourth-order valence-corrected chi connectivity index (χ4v) is 5.57. The number of ether oxygens (including phenoxy) is 4. The number of fused-ring (bicyclic) bond motifs is 2. The summed E-state index contributed by atoms with van der Waals surface area (Å²) >= 11 is 0. The minimum atomic E-state index is -0.200. The summed E-state index contributed by atoms with van der Waals surface area (Å²) in [6.45, 7) is 11.3. The maximum absolute atomic E-state index is 13.4. The van der Waals surface area contributed by atoms with Gasteiger partial charge in [0.15, 0.2) is 11.5 Å². The van der Waals surface area contributed by atoms with Crippen molar-refractivity contribution in [2.75, 3.05) is 51.9 Å². The minimum absolute atomic E-state index is 0.124. The van der Waals surface area contributed by atoms with Crippen molar-refractivity contribution in [1.82, 2.24) is 19.7 Å². The van der Waals surface area contributed by atoms with Crippen molar-refractivity contribution in [2.45, 2.75) is 32.6 Å². The Labute approximate surface area is 269 Å². The van der Waals surface area contributed by atoms with Crippen LogP contribution in [0.2, 0.25) is 0 Å². The lowest BCUT2D eigenvalue weighted by molar-refractivity contribution is 0.0357. The minimum Gasteiger partial charge on any atom is -0.493 e. The molecule has 3 aromatic carbocycles. The third-order valence-electron chi connectivity index (χ3n) is 8.18. The molecule has 0 bridgehead atoms. The summed E-state index contributed by atoms with van der Waals surface area (Å²) in [5, 5.41) is 10.1. The van der Waals surface area contributed by atoms with Gasteiger partial charge in [-0.2, -0.15) is 5.10 Å². The van der Waals surface area contributed by atoms with Crippen LogP contribution >= 0.6 is 0 Å². The first kappa shape index (κ1) is 31.3. The average Bonchev–Trinajstić information content (AvgIpc) is 3.43. The molecule has 1 aliphatic heterocycles. The van der Waals surface area contributed by atoms with E-state index in [0.29, 0.717) is 41.0 Å². The first-order valence-corrected chi connectivity index (χ1v) is 15.7. The van der Waals surface area contributed by atoms with Gasteiger partial charge in [-0.25, -0.2) is 0 Å². The molecule has 0 spiro atoms. The van der Waals surface area contributed by atoms with Gasteiger partial charge in [0, 0.05) is 61.4 Å². The summed E-state index contributed by atoms with van der Waals surface area (Å²) in [5.74, 6) is 3.00. The molecule has 3 heterocycles. The number of hydrogen-bond acceptors (Lipinski definition) is 8. The van der Waals surface area contributed by atoms with Crippen LogP contribution in [0, 0.1) is 0 Å². The van der Waals surface area contributed by atoms with Crippen molar-refractivity contribution < 1.29 is 23.7 Å². The Kier molecular flexibility index (Phi) is 9.10. The van der Waals surface area contributed by atoms with Crippen molar-refractivity contribution in [2.24, 2.45) is 7.05 Å². The number of hydrogen-bond donors (Lipinski definition) is 1. The average molecular weight is 624 g/mol. The van der Waals surface area contributed by atoms with Gasteiger partial charge in [0.25, 0.3) is 5.91 Å². The van der Waals surface area contributed by atoms with Gasteiger partial charge in [-0.1, -0.05) is 32.9 Å². The summed E-state index contributed by atoms with van der Waals surface area (Å²) in [6, 6.07) is 18.9. The maximum atomic E-state index is 13.4. The van der Waals surface area contributed by atoms with E-state index in [1.807, 2.05) is 67.7 Å². The molecule has 0 aliphatic carbocycles. The zero-order chi connectivity index (χ0) is 32.3. The number of benzene rings is 3. The van der Waals surface area contributed by atoms with Gasteiger partial charge in [0.05, 0.1) is 38.1 Å². The molecule has 0 atom stereocenters. The van der Waals surface area contributed by atoms with Crippen molar-refractivity contribution in [3.8, 4) is 23.0 Å². The van der Waals surface area contributed by atoms with Crippen molar-refractivity contribution in [1.29, 1.82) is 0 Å². The van der Waals surface area contributed by atoms with Gasteiger partial charge in [0.1, 0.15) is 17.3 Å². The lowest BCUT2D eigenvalue weighted by Gasteiger charge is -2.26. The second kappa shape index (κ2) is 13.4. The molecule has 0 unspecified atom stereocenters. The number of methoxy groups -OCH3 is 1. The number of aryl methyl sites for hydroxylation is 1. The highest BCUT2D eigenvalue weighted by atomic mass is 16.5. The summed E-state index contributed by atoms with van der Waals surface area (Å²) in [7, 11) is 3.46. The van der Waals surface area contributed by atoms with Crippen LogP contribution in [0.5, 0.6) is 23.0 Å². The van der Waals surface area contributed by atoms with E-state index in [9.17, 15) is 4.79 Å². The number of amides is 1. The molecule has 240 valence electrons. The van der Waals surface area contributed by atoms with Gasteiger partial charge in [0.2, 0.25) is 0 Å². The first-order chi connectivity index (χ1) is 22.2. The Morgan fingerprint density at radius 2 is 1.80 bits per heavy atom. The molecule has 2 aromatic heterocycles. The standard InChI is InChI=1S/C36H41N5O5/c1-36(2,3)33-23-34(40(4)39-33)38-35(42)27-9-6-8-24-20-25(10-11-26(24)27)46-30-12-13-37-29-22-32(31(43-5)21-28(29)30)45-17-7-14-41-15-18-44-19-16-41/h6,8-13,20-23H,7,14-19H2,1-5H3,(H,38,42). The predicted octanol–water partition coefficient (Wildman–Crippen LogP) is 6.57. The number of rotatable bonds is 10. The molecule has 1 fully saturated rings. The quantitative estimate of drug-likeness (QED) is 0.174. The lowest BCUT2D eigenvalue weighted by Crippen LogP contribution is -2.37. The number of carbonyl (C=O) groups excluding carboxylic acids is 1. The normalized spacial score (nSPS) is 14.0. The smallest absolute Gasteiger partial charge is 0.257 e. The van der Waals surface area contributed by atoms with Gasteiger partial charge in [-0.3, -0.25) is 19.4 Å². The number of pyridine rings is 1. The predicted molar refractivity (Wildman–Crippen MR) is 180 cm³/mol. The van der Waals surface area contributed by atoms with E-state index in [0.717, 1.165) is 66.6 Å². The van der Waals surface area contributed by atoms with Crippen molar-refractivity contribution in [3.05, 3.63) is 78.1 Å². The molecular formula is C36H41N5O5. The summed E-state index contributed by atoms with van der Waals surface area (Å²) < 4.78 is 25.3. The van der Waals surface area contributed by atoms with Crippen LogP contribution in [0.15, 0.2) is 66.9 Å². The molecular weight excluding hydrogens is 582 g/mol. The molecule has 10 nitrogen and oxygen atoms in total. The summed E-state index contributed by atoms with van der Waals surface area (Å²) in [6.07, 6.45) is 2.63. The molecule has 10 heteroatoms. The summed E-state index contributed by atoms with van der Waals surface area (Å²) in [5.41, 5.74) is 2.10. The fourth-order valence-electron chi connectivity index (χ4n) is 5.57. The monoisotopic (exact) mass is 623 g/mol. The number of aromatic nitrogens is 3. The van der Waals surface area contributed by atoms with Crippen LogP contribution in [0.1, 0.15) is 43.2 Å². The van der Waals surface area contributed by atoms with Crippen LogP contribution in [0.25, 0.3) is 21.7 Å². The Morgan fingerprint density at radius 1 is 0.978 bits per heavy atom. The number of anilines is 1. The van der Waals surface area contributed by atoms with Crippen LogP contribution < -0.4 is 19.5 Å². The maximum Gasteiger partial charge on any atom is 0.257 e. The topological polar surface area (TPSA) is 100.0 Å². The largest absolute Gasteiger partial charge is 0.493 e. The highest BCUT2D eigenvalue weighted by Gasteiger charge is 2.21. The lowest BCUT2D eigenvalue weighted by atomic mass is 9.92. The van der Waals surface area contributed by atoms with E-state index in [4.69, 9.17) is 18.9 Å². The zero-order valence-corrected chi connectivity index (χ0v) is 27.1. The number of nitrogens with zero attached hydrogens (tertiary/aromatic N) is 4. The van der Waals surface area contributed by atoms with Crippen LogP contribution in [0.3, 0.4) is 0 Å². The Balaban J connectivity index is 1.18. The Bertz CT molecular complexity index is 1860. The van der Waals surface area contributed by atoms with Crippen LogP contribution in [-0.2, 0) is 17.2 Å². The SMILES string of the molecule is COc1cc2c(Oc3ccc4c(C(=O)Nc5cc(C(C)(C)C)nn5C)cccc4c3)ccnc2cc1OCCCN1CCOCC1. The van der Waals surface area contributed by atoms with E-state index < -0.39 is 0 Å². The van der Waals surface area contributed by atoms with Gasteiger partial charge >= 0.3 is 0 Å². The summed E-state index contributed by atoms with van der Waals surface area (Å²) in [4.78, 5) is 20.3. The fraction of sp³-hybridized carbons (Fsp3) is 0.361. The highest BCUT2D eigenvalue weighted by molar-refractivity contribution is 6.12. The molecule has 0 saturated carbocycles. The van der Waals surface area contributed by atoms with Crippen LogP contribution in [-0.4, -0.2) is 72.1 Å². The second-order valence-electron chi connectivity index (χ2n) is 12.5. The van der Waals surface area contributed by atoms with E-state index in [1.165, 1.54) is 0 Å². The highest BCUT2D eigenvalue weighted by Crippen LogP contribution is 2.38.